The number of methoxy groups -OCH3 is 1. The number of hydrazone groups is 1. The minimum absolute atomic E-state index is 0.0461. The second kappa shape index (κ2) is 10.9. The van der Waals surface area contributed by atoms with E-state index in [9.17, 15) is 19.7 Å². The highest BCUT2D eigenvalue weighted by Gasteiger charge is 2.25. The van der Waals surface area contributed by atoms with Gasteiger partial charge in [0, 0.05) is 6.92 Å². The van der Waals surface area contributed by atoms with E-state index >= 15 is 0 Å². The minimum Gasteiger partial charge on any atom is -0.488 e. The summed E-state index contributed by atoms with van der Waals surface area (Å²) in [4.78, 5) is 34.2. The van der Waals surface area contributed by atoms with Crippen LogP contribution in [0, 0.1) is 17.0 Å². The fraction of sp³-hybridized carbons (Fsp3) is 0.318. The van der Waals surface area contributed by atoms with Crippen molar-refractivity contribution in [2.45, 2.75) is 33.6 Å². The Labute approximate surface area is 185 Å². The number of nitro benzene ring substituents is 1. The van der Waals surface area contributed by atoms with Crippen LogP contribution in [0.4, 0.5) is 5.69 Å². The molecule has 0 atom stereocenters. The molecule has 10 nitrogen and oxygen atoms in total. The second-order valence-electron chi connectivity index (χ2n) is 7.16. The number of rotatable bonds is 9. The molecular weight excluding hydrogens is 418 g/mol. The molecule has 1 amide bonds. The van der Waals surface area contributed by atoms with Crippen LogP contribution in [0.5, 0.6) is 17.2 Å². The van der Waals surface area contributed by atoms with E-state index in [2.05, 4.69) is 10.5 Å². The number of carbonyl (C=O) groups is 2. The molecule has 0 saturated heterocycles. The molecule has 2 rings (SSSR count). The number of nitrogens with zero attached hydrogens (tertiary/aromatic N) is 2. The number of benzene rings is 2. The van der Waals surface area contributed by atoms with Crippen molar-refractivity contribution in [1.29, 1.82) is 0 Å². The first-order valence-corrected chi connectivity index (χ1v) is 9.73. The second-order valence-corrected chi connectivity index (χ2v) is 7.16. The first kappa shape index (κ1) is 24.3. The zero-order valence-corrected chi connectivity index (χ0v) is 18.5. The average molecular weight is 443 g/mol. The molecule has 0 unspecified atom stereocenters. The van der Waals surface area contributed by atoms with Gasteiger partial charge in [0.15, 0.2) is 12.4 Å². The van der Waals surface area contributed by atoms with Crippen molar-refractivity contribution in [1.82, 2.24) is 5.43 Å². The topological polar surface area (TPSA) is 129 Å². The first-order valence-electron chi connectivity index (χ1n) is 9.73. The molecule has 0 aliphatic heterocycles. The molecule has 0 radical (unpaired) electrons. The van der Waals surface area contributed by atoms with Gasteiger partial charge in [-0.15, -0.1) is 0 Å². The van der Waals surface area contributed by atoms with Crippen LogP contribution in [0.1, 0.15) is 43.4 Å². The summed E-state index contributed by atoms with van der Waals surface area (Å²) in [5, 5.41) is 15.3. The fourth-order valence-electron chi connectivity index (χ4n) is 2.89. The highest BCUT2D eigenvalue weighted by atomic mass is 16.6. The van der Waals surface area contributed by atoms with E-state index in [4.69, 9.17) is 14.2 Å². The van der Waals surface area contributed by atoms with Crippen LogP contribution in [-0.2, 0) is 9.59 Å². The highest BCUT2D eigenvalue weighted by Crippen LogP contribution is 2.39. The maximum atomic E-state index is 12.1. The standard InChI is InChI=1S/C22H25N3O7/c1-13(2)17-8-6-14(3)10-19(17)31-12-20(27)24-23-11-16-7-9-18(32-15(4)26)22(30-5)21(16)25(28)29/h6-11,13H,12H2,1-5H3,(H,24,27)/b23-11+. The lowest BCUT2D eigenvalue weighted by molar-refractivity contribution is -0.385. The number of carbonyl (C=O) groups excluding carboxylic acids is 2. The number of aryl methyl sites for hydroxylation is 1. The van der Waals surface area contributed by atoms with E-state index in [0.717, 1.165) is 17.3 Å². The lowest BCUT2D eigenvalue weighted by Crippen LogP contribution is -2.25. The SMILES string of the molecule is COc1c(OC(C)=O)ccc(/C=N/NC(=O)COc2cc(C)ccc2C(C)C)c1[N+](=O)[O-]. The Balaban J connectivity index is 2.12. The smallest absolute Gasteiger partial charge is 0.323 e. The van der Waals surface area contributed by atoms with Crippen molar-refractivity contribution in [3.8, 4) is 17.2 Å². The van der Waals surface area contributed by atoms with E-state index in [1.54, 1.807) is 0 Å². The van der Waals surface area contributed by atoms with Gasteiger partial charge in [-0.3, -0.25) is 19.7 Å². The van der Waals surface area contributed by atoms with Crippen molar-refractivity contribution >= 4 is 23.8 Å². The fourth-order valence-corrected chi connectivity index (χ4v) is 2.89. The molecule has 170 valence electrons. The Bertz CT molecular complexity index is 1050. The van der Waals surface area contributed by atoms with Gasteiger partial charge in [0.1, 0.15) is 5.75 Å². The van der Waals surface area contributed by atoms with Crippen molar-refractivity contribution < 1.29 is 28.7 Å². The third kappa shape index (κ3) is 6.27. The number of hydrogen-bond donors (Lipinski definition) is 1. The third-order valence-corrected chi connectivity index (χ3v) is 4.31. The summed E-state index contributed by atoms with van der Waals surface area (Å²) in [7, 11) is 1.21. The van der Waals surface area contributed by atoms with Crippen LogP contribution in [0.2, 0.25) is 0 Å². The van der Waals surface area contributed by atoms with Gasteiger partial charge in [0.05, 0.1) is 23.8 Å². The predicted octanol–water partition coefficient (Wildman–Crippen LogP) is 3.49. The maximum Gasteiger partial charge on any atom is 0.323 e. The van der Waals surface area contributed by atoms with E-state index in [1.807, 2.05) is 39.0 Å². The van der Waals surface area contributed by atoms with Crippen LogP contribution in [0.15, 0.2) is 35.4 Å². The molecule has 1 N–H and O–H groups in total. The molecular formula is C22H25N3O7. The molecule has 0 aliphatic rings. The number of esters is 1. The van der Waals surface area contributed by atoms with Gasteiger partial charge in [-0.2, -0.15) is 5.10 Å². The molecule has 0 aromatic heterocycles. The molecule has 0 heterocycles. The highest BCUT2D eigenvalue weighted by molar-refractivity contribution is 5.90. The van der Waals surface area contributed by atoms with Gasteiger partial charge in [-0.05, 0) is 42.2 Å². The number of nitrogens with one attached hydrogen (secondary N) is 1. The zero-order chi connectivity index (χ0) is 23.8. The molecule has 32 heavy (non-hydrogen) atoms. The Morgan fingerprint density at radius 3 is 2.53 bits per heavy atom. The molecule has 0 aliphatic carbocycles. The number of hydrogen-bond acceptors (Lipinski definition) is 8. The Kier molecular flexibility index (Phi) is 8.28. The quantitative estimate of drug-likeness (QED) is 0.206. The molecule has 2 aromatic carbocycles. The van der Waals surface area contributed by atoms with Gasteiger partial charge in [0.2, 0.25) is 5.75 Å². The summed E-state index contributed by atoms with van der Waals surface area (Å²) < 4.78 is 15.6. The third-order valence-electron chi connectivity index (χ3n) is 4.31. The van der Waals surface area contributed by atoms with Crippen molar-refractivity contribution in [2.75, 3.05) is 13.7 Å². The van der Waals surface area contributed by atoms with Gasteiger partial charge in [0.25, 0.3) is 5.91 Å². The van der Waals surface area contributed by atoms with Gasteiger partial charge in [-0.1, -0.05) is 26.0 Å². The summed E-state index contributed by atoms with van der Waals surface area (Å²) in [6, 6.07) is 8.45. The number of ether oxygens (including phenoxy) is 3. The van der Waals surface area contributed by atoms with Crippen LogP contribution in [0.25, 0.3) is 0 Å². The molecule has 0 saturated carbocycles. The Hall–Kier alpha value is -3.95. The van der Waals surface area contributed by atoms with Crippen molar-refractivity contribution in [3.63, 3.8) is 0 Å². The van der Waals surface area contributed by atoms with Gasteiger partial charge >= 0.3 is 11.7 Å². The number of amides is 1. The molecule has 2 aromatic rings. The summed E-state index contributed by atoms with van der Waals surface area (Å²) in [6.07, 6.45) is 1.10. The summed E-state index contributed by atoms with van der Waals surface area (Å²) >= 11 is 0. The Morgan fingerprint density at radius 1 is 1.22 bits per heavy atom. The van der Waals surface area contributed by atoms with Crippen LogP contribution in [0.3, 0.4) is 0 Å². The van der Waals surface area contributed by atoms with Crippen molar-refractivity contribution in [3.05, 3.63) is 57.1 Å². The summed E-state index contributed by atoms with van der Waals surface area (Å²) in [5.41, 5.74) is 3.84. The van der Waals surface area contributed by atoms with E-state index < -0.39 is 22.5 Å². The molecule has 0 fully saturated rings. The minimum atomic E-state index is -0.691. The average Bonchev–Trinajstić information content (AvgIpc) is 2.71. The van der Waals surface area contributed by atoms with E-state index in [-0.39, 0.29) is 29.6 Å². The monoisotopic (exact) mass is 443 g/mol. The van der Waals surface area contributed by atoms with Crippen LogP contribution >= 0.6 is 0 Å². The van der Waals surface area contributed by atoms with Gasteiger partial charge in [-0.25, -0.2) is 5.43 Å². The van der Waals surface area contributed by atoms with Crippen LogP contribution in [-0.4, -0.2) is 36.7 Å². The van der Waals surface area contributed by atoms with Crippen molar-refractivity contribution in [2.24, 2.45) is 5.10 Å². The number of nitro groups is 1. The van der Waals surface area contributed by atoms with E-state index in [0.29, 0.717) is 5.75 Å². The lowest BCUT2D eigenvalue weighted by atomic mass is 10.0. The lowest BCUT2D eigenvalue weighted by Gasteiger charge is -2.14. The molecule has 0 bridgehead atoms. The zero-order valence-electron chi connectivity index (χ0n) is 18.5. The summed E-state index contributed by atoms with van der Waals surface area (Å²) in [6.45, 7) is 6.86. The maximum absolute atomic E-state index is 12.1. The predicted molar refractivity (Wildman–Crippen MR) is 117 cm³/mol. The molecule has 10 heteroatoms. The van der Waals surface area contributed by atoms with Crippen LogP contribution < -0.4 is 19.6 Å². The largest absolute Gasteiger partial charge is 0.488 e. The summed E-state index contributed by atoms with van der Waals surface area (Å²) in [5.74, 6) is -0.688. The first-order chi connectivity index (χ1) is 15.1. The molecule has 0 spiro atoms. The Morgan fingerprint density at radius 2 is 1.94 bits per heavy atom. The normalized spacial score (nSPS) is 10.8. The van der Waals surface area contributed by atoms with Gasteiger partial charge < -0.3 is 14.2 Å². The van der Waals surface area contributed by atoms with E-state index in [1.165, 1.54) is 26.2 Å².